The molecule has 1 fully saturated rings. The van der Waals surface area contributed by atoms with E-state index in [9.17, 15) is 13.2 Å². The molecule has 34 heavy (non-hydrogen) atoms. The van der Waals surface area contributed by atoms with Crippen LogP contribution in [0.1, 0.15) is 28.9 Å². The Bertz CT molecular complexity index is 1450. The molecule has 2 heterocycles. The van der Waals surface area contributed by atoms with Gasteiger partial charge in [-0.15, -0.1) is 0 Å². The Kier molecular flexibility index (Phi) is 6.11. The molecule has 0 atom stereocenters. The highest BCUT2D eigenvalue weighted by Crippen LogP contribution is 2.34. The third-order valence-electron chi connectivity index (χ3n) is 5.72. The Morgan fingerprint density at radius 3 is 2.50 bits per heavy atom. The molecule has 4 aromatic rings. The topological polar surface area (TPSA) is 83.5 Å². The summed E-state index contributed by atoms with van der Waals surface area (Å²) in [5, 5.41) is 1.00. The Labute approximate surface area is 206 Å². The van der Waals surface area contributed by atoms with Crippen LogP contribution in [0.4, 0.5) is 5.13 Å². The molecular weight excluding hydrogens is 492 g/mol. The Hall–Kier alpha value is -2.85. The number of fused-ring (bicyclic) bond motifs is 1. The first-order chi connectivity index (χ1) is 16.3. The van der Waals surface area contributed by atoms with Gasteiger partial charge in [-0.1, -0.05) is 35.1 Å². The van der Waals surface area contributed by atoms with Crippen molar-refractivity contribution >= 4 is 54.2 Å². The van der Waals surface area contributed by atoms with Gasteiger partial charge in [0.25, 0.3) is 5.91 Å². The van der Waals surface area contributed by atoms with Gasteiger partial charge >= 0.3 is 0 Å². The standard InChI is InChI=1S/C24H21ClN4O3S2/c1-28(18-10-11-18)34(31,32)19-12-8-16(9-13-19)23(30)29(15-17-5-2-3-14-26-17)24-27-22-20(25)6-4-7-21(22)33-24/h2-9,12-14,18H,10-11,15H2,1H3. The molecule has 1 saturated carbocycles. The highest BCUT2D eigenvalue weighted by Gasteiger charge is 2.35. The number of hydrogen-bond acceptors (Lipinski definition) is 6. The van der Waals surface area contributed by atoms with Crippen LogP contribution >= 0.6 is 22.9 Å². The molecule has 1 amide bonds. The number of halogens is 1. The van der Waals surface area contributed by atoms with Crippen LogP contribution in [-0.2, 0) is 16.6 Å². The fraction of sp³-hybridized carbons (Fsp3) is 0.208. The predicted molar refractivity (Wildman–Crippen MR) is 134 cm³/mol. The number of sulfonamides is 1. The van der Waals surface area contributed by atoms with Gasteiger partial charge in [0.05, 0.1) is 26.9 Å². The van der Waals surface area contributed by atoms with Gasteiger partial charge in [0, 0.05) is 24.8 Å². The second kappa shape index (κ2) is 9.07. The molecule has 0 bridgehead atoms. The smallest absolute Gasteiger partial charge is 0.260 e. The summed E-state index contributed by atoms with van der Waals surface area (Å²) in [5.74, 6) is -0.305. The van der Waals surface area contributed by atoms with Gasteiger partial charge in [0.1, 0.15) is 5.52 Å². The van der Waals surface area contributed by atoms with Crippen molar-refractivity contribution in [3.63, 3.8) is 0 Å². The number of hydrogen-bond donors (Lipinski definition) is 0. The first-order valence-corrected chi connectivity index (χ1v) is 13.3. The lowest BCUT2D eigenvalue weighted by Crippen LogP contribution is -2.31. The van der Waals surface area contributed by atoms with Crippen LogP contribution in [0.3, 0.4) is 0 Å². The Morgan fingerprint density at radius 1 is 1.09 bits per heavy atom. The molecule has 0 N–H and O–H groups in total. The molecule has 2 aromatic heterocycles. The summed E-state index contributed by atoms with van der Waals surface area (Å²) in [4.78, 5) is 24.3. The second-order valence-electron chi connectivity index (χ2n) is 8.07. The molecule has 174 valence electrons. The molecule has 0 aliphatic heterocycles. The SMILES string of the molecule is CN(C1CC1)S(=O)(=O)c1ccc(C(=O)N(Cc2ccccn2)c2nc3c(Cl)cccc3s2)cc1. The average molecular weight is 513 g/mol. The van der Waals surface area contributed by atoms with Crippen LogP contribution < -0.4 is 4.90 Å². The van der Waals surface area contributed by atoms with E-state index in [1.54, 1.807) is 36.3 Å². The number of pyridine rings is 1. The van der Waals surface area contributed by atoms with Crippen molar-refractivity contribution in [3.05, 3.63) is 83.1 Å². The summed E-state index contributed by atoms with van der Waals surface area (Å²) < 4.78 is 27.9. The van der Waals surface area contributed by atoms with Crippen LogP contribution in [0.25, 0.3) is 10.2 Å². The van der Waals surface area contributed by atoms with Crippen LogP contribution in [0.2, 0.25) is 5.02 Å². The van der Waals surface area contributed by atoms with Crippen LogP contribution in [0.5, 0.6) is 0 Å². The summed E-state index contributed by atoms with van der Waals surface area (Å²) in [6, 6.07) is 17.1. The van der Waals surface area contributed by atoms with Crippen LogP contribution in [-0.4, -0.2) is 41.7 Å². The zero-order chi connectivity index (χ0) is 23.9. The van der Waals surface area contributed by atoms with E-state index in [1.165, 1.54) is 27.8 Å². The molecule has 0 spiro atoms. The zero-order valence-corrected chi connectivity index (χ0v) is 20.6. The third-order valence-corrected chi connectivity index (χ3v) is 8.99. The molecule has 0 saturated heterocycles. The van der Waals surface area contributed by atoms with Gasteiger partial charge < -0.3 is 0 Å². The monoisotopic (exact) mass is 512 g/mol. The lowest BCUT2D eigenvalue weighted by molar-refractivity contribution is 0.0984. The molecule has 1 aliphatic rings. The average Bonchev–Trinajstić information content (AvgIpc) is 3.61. The highest BCUT2D eigenvalue weighted by atomic mass is 35.5. The Balaban J connectivity index is 1.49. The van der Waals surface area contributed by atoms with Crippen molar-refractivity contribution in [2.45, 2.75) is 30.3 Å². The number of aromatic nitrogens is 2. The van der Waals surface area contributed by atoms with Crippen molar-refractivity contribution < 1.29 is 13.2 Å². The summed E-state index contributed by atoms with van der Waals surface area (Å²) >= 11 is 7.67. The molecule has 10 heteroatoms. The summed E-state index contributed by atoms with van der Waals surface area (Å²) in [7, 11) is -1.99. The number of carbonyl (C=O) groups is 1. The largest absolute Gasteiger partial charge is 0.278 e. The number of carbonyl (C=O) groups excluding carboxylic acids is 1. The van der Waals surface area contributed by atoms with E-state index < -0.39 is 10.0 Å². The molecule has 2 aromatic carbocycles. The Morgan fingerprint density at radius 2 is 1.85 bits per heavy atom. The van der Waals surface area contributed by atoms with E-state index in [1.807, 2.05) is 30.3 Å². The molecule has 0 unspecified atom stereocenters. The summed E-state index contributed by atoms with van der Waals surface area (Å²) in [6.45, 7) is 0.210. The molecule has 5 rings (SSSR count). The van der Waals surface area contributed by atoms with E-state index in [-0.39, 0.29) is 23.4 Å². The molecule has 0 radical (unpaired) electrons. The van der Waals surface area contributed by atoms with Crippen LogP contribution in [0.15, 0.2) is 71.8 Å². The van der Waals surface area contributed by atoms with Crippen molar-refractivity contribution in [3.8, 4) is 0 Å². The minimum absolute atomic E-state index is 0.0611. The number of benzene rings is 2. The highest BCUT2D eigenvalue weighted by molar-refractivity contribution is 7.89. The predicted octanol–water partition coefficient (Wildman–Crippen LogP) is 4.97. The number of thiazole rings is 1. The normalized spacial score (nSPS) is 14.0. The second-order valence-corrected chi connectivity index (χ2v) is 11.5. The van der Waals surface area contributed by atoms with E-state index in [2.05, 4.69) is 9.97 Å². The van der Waals surface area contributed by atoms with Crippen molar-refractivity contribution in [1.29, 1.82) is 0 Å². The minimum atomic E-state index is -3.59. The zero-order valence-electron chi connectivity index (χ0n) is 18.3. The lowest BCUT2D eigenvalue weighted by Gasteiger charge is -2.20. The molecule has 7 nitrogen and oxygen atoms in total. The van der Waals surface area contributed by atoms with Gasteiger partial charge in [-0.05, 0) is 61.4 Å². The summed E-state index contributed by atoms with van der Waals surface area (Å²) in [6.07, 6.45) is 3.42. The quantitative estimate of drug-likeness (QED) is 0.349. The van der Waals surface area contributed by atoms with Crippen molar-refractivity contribution in [2.24, 2.45) is 0 Å². The first-order valence-electron chi connectivity index (χ1n) is 10.7. The van der Waals surface area contributed by atoms with Crippen molar-refractivity contribution in [1.82, 2.24) is 14.3 Å². The first kappa shape index (κ1) is 22.9. The number of anilines is 1. The molecule has 1 aliphatic carbocycles. The fourth-order valence-electron chi connectivity index (χ4n) is 3.62. The fourth-order valence-corrected chi connectivity index (χ4v) is 6.30. The van der Waals surface area contributed by atoms with E-state index in [4.69, 9.17) is 11.6 Å². The summed E-state index contributed by atoms with van der Waals surface area (Å²) in [5.41, 5.74) is 1.69. The van der Waals surface area contributed by atoms with Crippen LogP contribution in [0, 0.1) is 0 Å². The van der Waals surface area contributed by atoms with Gasteiger partial charge in [-0.3, -0.25) is 14.7 Å². The van der Waals surface area contributed by atoms with E-state index in [0.29, 0.717) is 26.9 Å². The number of rotatable bonds is 7. The number of para-hydroxylation sites is 1. The molecular formula is C24H21ClN4O3S2. The van der Waals surface area contributed by atoms with Crippen molar-refractivity contribution in [2.75, 3.05) is 11.9 Å². The maximum atomic E-state index is 13.6. The van der Waals surface area contributed by atoms with Gasteiger partial charge in [0.15, 0.2) is 5.13 Å². The third kappa shape index (κ3) is 4.44. The van der Waals surface area contributed by atoms with Gasteiger partial charge in [0.2, 0.25) is 10.0 Å². The minimum Gasteiger partial charge on any atom is -0.278 e. The van der Waals surface area contributed by atoms with E-state index >= 15 is 0 Å². The maximum absolute atomic E-state index is 13.6. The van der Waals surface area contributed by atoms with Gasteiger partial charge in [-0.2, -0.15) is 4.31 Å². The maximum Gasteiger partial charge on any atom is 0.260 e. The van der Waals surface area contributed by atoms with Gasteiger partial charge in [-0.25, -0.2) is 13.4 Å². The number of amides is 1. The lowest BCUT2D eigenvalue weighted by atomic mass is 10.2. The number of nitrogens with zero attached hydrogens (tertiary/aromatic N) is 4. The van der Waals surface area contributed by atoms with E-state index in [0.717, 1.165) is 17.5 Å².